The molecule has 0 fully saturated rings. The van der Waals surface area contributed by atoms with Gasteiger partial charge in [0.25, 0.3) is 0 Å². The van der Waals surface area contributed by atoms with Crippen molar-refractivity contribution in [1.82, 2.24) is 4.72 Å². The third-order valence-corrected chi connectivity index (χ3v) is 3.32. The highest BCUT2D eigenvalue weighted by molar-refractivity contribution is 7.89. The molecule has 0 aliphatic rings. The predicted molar refractivity (Wildman–Crippen MR) is 56.6 cm³/mol. The summed E-state index contributed by atoms with van der Waals surface area (Å²) in [5.41, 5.74) is 0. The summed E-state index contributed by atoms with van der Waals surface area (Å²) in [4.78, 5) is 0. The zero-order chi connectivity index (χ0) is 10.3. The summed E-state index contributed by atoms with van der Waals surface area (Å²) in [7, 11) is -3.05. The minimum atomic E-state index is -3.05. The Morgan fingerprint density at radius 3 is 2.54 bits per heavy atom. The van der Waals surface area contributed by atoms with Gasteiger partial charge >= 0.3 is 0 Å². The van der Waals surface area contributed by atoms with E-state index in [0.29, 0.717) is 19.4 Å². The van der Waals surface area contributed by atoms with Gasteiger partial charge in [0.1, 0.15) is 0 Å². The molecule has 1 N–H and O–H groups in total. The number of halogens is 1. The van der Waals surface area contributed by atoms with Gasteiger partial charge in [-0.25, -0.2) is 13.1 Å². The van der Waals surface area contributed by atoms with E-state index in [1.807, 2.05) is 13.8 Å². The van der Waals surface area contributed by atoms with E-state index in [2.05, 4.69) is 4.72 Å². The second kappa shape index (κ2) is 6.62. The molecule has 0 heterocycles. The Morgan fingerprint density at radius 2 is 2.08 bits per heavy atom. The van der Waals surface area contributed by atoms with Gasteiger partial charge in [-0.2, -0.15) is 0 Å². The molecule has 0 aliphatic heterocycles. The van der Waals surface area contributed by atoms with Gasteiger partial charge in [0.05, 0.1) is 5.75 Å². The van der Waals surface area contributed by atoms with Crippen molar-refractivity contribution in [1.29, 1.82) is 0 Å². The van der Waals surface area contributed by atoms with Crippen LogP contribution in [0, 0.1) is 0 Å². The molecule has 0 rings (SSSR count). The van der Waals surface area contributed by atoms with Crippen molar-refractivity contribution >= 4 is 21.6 Å². The third-order valence-electron chi connectivity index (χ3n) is 1.63. The average Bonchev–Trinajstić information content (AvgIpc) is 2.00. The summed E-state index contributed by atoms with van der Waals surface area (Å²) >= 11 is 5.68. The second-order valence-electron chi connectivity index (χ2n) is 3.14. The highest BCUT2D eigenvalue weighted by Crippen LogP contribution is 1.99. The number of hydrogen-bond acceptors (Lipinski definition) is 2. The maximum Gasteiger partial charge on any atom is 0.211 e. The number of rotatable bonds is 7. The molecule has 0 aromatic rings. The summed E-state index contributed by atoms with van der Waals surface area (Å²) in [6.45, 7) is 4.26. The van der Waals surface area contributed by atoms with Crippen molar-refractivity contribution in [3.05, 3.63) is 0 Å². The quantitative estimate of drug-likeness (QED) is 0.674. The molecule has 13 heavy (non-hydrogen) atoms. The van der Waals surface area contributed by atoms with Crippen LogP contribution in [0.5, 0.6) is 0 Å². The van der Waals surface area contributed by atoms with E-state index in [9.17, 15) is 8.42 Å². The van der Waals surface area contributed by atoms with Crippen molar-refractivity contribution in [3.8, 4) is 0 Å². The normalized spacial score (nSPS) is 14.4. The van der Waals surface area contributed by atoms with E-state index in [0.717, 1.165) is 6.42 Å². The van der Waals surface area contributed by atoms with Gasteiger partial charge in [0, 0.05) is 11.9 Å². The molecule has 0 bridgehead atoms. The molecule has 80 valence electrons. The number of hydrogen-bond donors (Lipinski definition) is 1. The number of unbranched alkanes of at least 4 members (excludes halogenated alkanes) is 1. The van der Waals surface area contributed by atoms with Gasteiger partial charge < -0.3 is 0 Å². The van der Waals surface area contributed by atoms with Crippen molar-refractivity contribution < 1.29 is 8.42 Å². The fourth-order valence-electron chi connectivity index (χ4n) is 0.820. The first-order valence-corrected chi connectivity index (χ1v) is 6.68. The Labute approximate surface area is 85.9 Å². The number of sulfonamides is 1. The Hall–Kier alpha value is 0.200. The van der Waals surface area contributed by atoms with Crippen LogP contribution in [0.15, 0.2) is 0 Å². The first kappa shape index (κ1) is 13.2. The molecule has 1 unspecified atom stereocenters. The summed E-state index contributed by atoms with van der Waals surface area (Å²) in [5.74, 6) is 0.222. The van der Waals surface area contributed by atoms with Gasteiger partial charge in [-0.1, -0.05) is 13.3 Å². The van der Waals surface area contributed by atoms with Crippen LogP contribution in [0.2, 0.25) is 0 Å². The van der Waals surface area contributed by atoms with E-state index in [1.165, 1.54) is 0 Å². The van der Waals surface area contributed by atoms with E-state index in [-0.39, 0.29) is 11.1 Å². The molecule has 0 saturated carbocycles. The summed E-state index contributed by atoms with van der Waals surface area (Å²) in [6, 6.07) is 0. The monoisotopic (exact) mass is 227 g/mol. The van der Waals surface area contributed by atoms with Gasteiger partial charge in [0.2, 0.25) is 10.0 Å². The molecular weight excluding hydrogens is 210 g/mol. The average molecular weight is 228 g/mol. The van der Waals surface area contributed by atoms with Crippen molar-refractivity contribution in [3.63, 3.8) is 0 Å². The molecule has 0 amide bonds. The van der Waals surface area contributed by atoms with E-state index >= 15 is 0 Å². The standard InChI is InChI=1S/C8H18ClNO2S/c1-3-4-7-13(11,12)10-6-5-8(2)9/h8,10H,3-7H2,1-2H3. The molecule has 3 nitrogen and oxygen atoms in total. The summed E-state index contributed by atoms with van der Waals surface area (Å²) in [6.07, 6.45) is 2.28. The summed E-state index contributed by atoms with van der Waals surface area (Å²) in [5, 5.41) is 0.0221. The fourth-order valence-corrected chi connectivity index (χ4v) is 2.17. The van der Waals surface area contributed by atoms with Crippen LogP contribution >= 0.6 is 11.6 Å². The lowest BCUT2D eigenvalue weighted by Crippen LogP contribution is -2.28. The summed E-state index contributed by atoms with van der Waals surface area (Å²) < 4.78 is 24.9. The lowest BCUT2D eigenvalue weighted by Gasteiger charge is -2.06. The van der Waals surface area contributed by atoms with Crippen molar-refractivity contribution in [2.24, 2.45) is 0 Å². The molecule has 5 heteroatoms. The van der Waals surface area contributed by atoms with E-state index in [1.54, 1.807) is 0 Å². The smallest absolute Gasteiger partial charge is 0.211 e. The van der Waals surface area contributed by atoms with E-state index in [4.69, 9.17) is 11.6 Å². The van der Waals surface area contributed by atoms with Gasteiger partial charge in [0.15, 0.2) is 0 Å². The maximum absolute atomic E-state index is 11.2. The van der Waals surface area contributed by atoms with Crippen LogP contribution in [-0.2, 0) is 10.0 Å². The SMILES string of the molecule is CCCCS(=O)(=O)NCCC(C)Cl. The first-order valence-electron chi connectivity index (χ1n) is 4.59. The minimum Gasteiger partial charge on any atom is -0.215 e. The highest BCUT2D eigenvalue weighted by atomic mass is 35.5. The fraction of sp³-hybridized carbons (Fsp3) is 1.00. The number of alkyl halides is 1. The van der Waals surface area contributed by atoms with Crippen LogP contribution in [0.1, 0.15) is 33.1 Å². The lowest BCUT2D eigenvalue weighted by molar-refractivity contribution is 0.575. The largest absolute Gasteiger partial charge is 0.215 e. The molecule has 0 spiro atoms. The topological polar surface area (TPSA) is 46.2 Å². The van der Waals surface area contributed by atoms with Crippen LogP contribution in [-0.4, -0.2) is 26.1 Å². The molecule has 1 atom stereocenters. The van der Waals surface area contributed by atoms with E-state index < -0.39 is 10.0 Å². The molecule has 0 aromatic carbocycles. The van der Waals surface area contributed by atoms with Crippen LogP contribution in [0.25, 0.3) is 0 Å². The Bertz CT molecular complexity index is 214. The lowest BCUT2D eigenvalue weighted by atomic mass is 10.3. The van der Waals surface area contributed by atoms with Crippen LogP contribution in [0.3, 0.4) is 0 Å². The molecule has 0 aromatic heterocycles. The number of nitrogens with one attached hydrogen (secondary N) is 1. The predicted octanol–water partition coefficient (Wildman–Crippen LogP) is 1.72. The molecule has 0 radical (unpaired) electrons. The highest BCUT2D eigenvalue weighted by Gasteiger charge is 2.08. The van der Waals surface area contributed by atoms with Crippen LogP contribution < -0.4 is 4.72 Å². The van der Waals surface area contributed by atoms with Gasteiger partial charge in [-0.15, -0.1) is 11.6 Å². The van der Waals surface area contributed by atoms with Crippen molar-refractivity contribution in [2.75, 3.05) is 12.3 Å². The molecule has 0 saturated heterocycles. The Balaban J connectivity index is 3.64. The maximum atomic E-state index is 11.2. The Morgan fingerprint density at radius 1 is 1.46 bits per heavy atom. The minimum absolute atomic E-state index is 0.0221. The zero-order valence-corrected chi connectivity index (χ0v) is 9.79. The third kappa shape index (κ3) is 8.53. The van der Waals surface area contributed by atoms with Crippen molar-refractivity contribution in [2.45, 2.75) is 38.5 Å². The molecular formula is C8H18ClNO2S. The second-order valence-corrected chi connectivity index (χ2v) is 5.81. The zero-order valence-electron chi connectivity index (χ0n) is 8.22. The molecule has 0 aliphatic carbocycles. The van der Waals surface area contributed by atoms with Crippen LogP contribution in [0.4, 0.5) is 0 Å². The first-order chi connectivity index (χ1) is 5.98. The Kier molecular flexibility index (Phi) is 6.73. The van der Waals surface area contributed by atoms with Gasteiger partial charge in [-0.05, 0) is 19.8 Å². The van der Waals surface area contributed by atoms with Gasteiger partial charge in [-0.3, -0.25) is 0 Å².